The van der Waals surface area contributed by atoms with Gasteiger partial charge in [0.2, 0.25) is 0 Å². The van der Waals surface area contributed by atoms with E-state index >= 15 is 0 Å². The summed E-state index contributed by atoms with van der Waals surface area (Å²) in [4.78, 5) is 12.7. The van der Waals surface area contributed by atoms with Gasteiger partial charge < -0.3 is 14.2 Å². The summed E-state index contributed by atoms with van der Waals surface area (Å²) < 4.78 is 44.5. The number of hydrazone groups is 1. The summed E-state index contributed by atoms with van der Waals surface area (Å²) in [5.41, 5.74) is 3.28. The molecular weight excluding hydrogens is 538 g/mol. The van der Waals surface area contributed by atoms with Crippen LogP contribution < -0.4 is 23.9 Å². The maximum absolute atomic E-state index is 13.6. The van der Waals surface area contributed by atoms with Crippen molar-refractivity contribution in [2.24, 2.45) is 5.10 Å². The summed E-state index contributed by atoms with van der Waals surface area (Å²) in [7, 11) is 0.245. The molecule has 0 radical (unpaired) electrons. The van der Waals surface area contributed by atoms with Crippen LogP contribution >= 0.6 is 15.9 Å². The number of amides is 1. The largest absolute Gasteiger partial charge is 0.497 e. The SMILES string of the molecule is COc1ccc(/C=N\NC(=O)CN(c2ccccc2)S(=O)(=O)c2cc(Br)ccc2OC)c(OC)c1. The van der Waals surface area contributed by atoms with Crippen molar-refractivity contribution in [2.45, 2.75) is 4.90 Å². The van der Waals surface area contributed by atoms with Crippen molar-refractivity contribution < 1.29 is 27.4 Å². The van der Waals surface area contributed by atoms with Gasteiger partial charge in [-0.2, -0.15) is 5.10 Å². The number of benzene rings is 3. The van der Waals surface area contributed by atoms with Crippen LogP contribution in [0.5, 0.6) is 17.2 Å². The van der Waals surface area contributed by atoms with Crippen molar-refractivity contribution in [3.05, 3.63) is 76.8 Å². The van der Waals surface area contributed by atoms with Crippen LogP contribution in [-0.4, -0.2) is 48.4 Å². The number of carbonyl (C=O) groups is 1. The monoisotopic (exact) mass is 561 g/mol. The van der Waals surface area contributed by atoms with Gasteiger partial charge in [-0.05, 0) is 42.5 Å². The number of methoxy groups -OCH3 is 3. The number of nitrogens with zero attached hydrogens (tertiary/aromatic N) is 2. The summed E-state index contributed by atoms with van der Waals surface area (Å²) >= 11 is 3.30. The zero-order valence-corrected chi connectivity index (χ0v) is 21.7. The van der Waals surface area contributed by atoms with E-state index in [9.17, 15) is 13.2 Å². The summed E-state index contributed by atoms with van der Waals surface area (Å²) in [5.74, 6) is 0.613. The fraction of sp³-hybridized carbons (Fsp3) is 0.167. The zero-order chi connectivity index (χ0) is 25.4. The molecule has 0 spiro atoms. The normalized spacial score (nSPS) is 11.2. The van der Waals surface area contributed by atoms with E-state index in [1.807, 2.05) is 0 Å². The van der Waals surface area contributed by atoms with Gasteiger partial charge in [0.15, 0.2) is 0 Å². The van der Waals surface area contributed by atoms with Gasteiger partial charge in [0, 0.05) is 16.1 Å². The second-order valence-corrected chi connectivity index (χ2v) is 9.79. The van der Waals surface area contributed by atoms with Crippen LogP contribution in [0.3, 0.4) is 0 Å². The zero-order valence-electron chi connectivity index (χ0n) is 19.3. The molecule has 0 unspecified atom stereocenters. The minimum atomic E-state index is -4.18. The number of hydrogen-bond acceptors (Lipinski definition) is 7. The molecule has 0 saturated heterocycles. The van der Waals surface area contributed by atoms with Gasteiger partial charge in [0.05, 0.1) is 33.2 Å². The molecule has 3 rings (SSSR count). The molecule has 9 nitrogen and oxygen atoms in total. The number of anilines is 1. The molecule has 0 aliphatic heterocycles. The maximum Gasteiger partial charge on any atom is 0.268 e. The average molecular weight is 562 g/mol. The van der Waals surface area contributed by atoms with Crippen LogP contribution in [0.25, 0.3) is 0 Å². The van der Waals surface area contributed by atoms with Gasteiger partial charge in [-0.3, -0.25) is 9.10 Å². The molecule has 184 valence electrons. The second kappa shape index (κ2) is 11.7. The van der Waals surface area contributed by atoms with E-state index in [2.05, 4.69) is 26.5 Å². The molecular formula is C24H24BrN3O6S. The number of sulfonamides is 1. The first kappa shape index (κ1) is 26.0. The Morgan fingerprint density at radius 1 is 0.971 bits per heavy atom. The smallest absolute Gasteiger partial charge is 0.268 e. The Hall–Kier alpha value is -3.57. The number of ether oxygens (including phenoxy) is 3. The number of nitrogens with one attached hydrogen (secondary N) is 1. The Morgan fingerprint density at radius 2 is 1.69 bits per heavy atom. The van der Waals surface area contributed by atoms with Crippen molar-refractivity contribution in [1.82, 2.24) is 5.43 Å². The highest BCUT2D eigenvalue weighted by atomic mass is 79.9. The minimum Gasteiger partial charge on any atom is -0.497 e. The highest BCUT2D eigenvalue weighted by molar-refractivity contribution is 9.10. The number of hydrogen-bond donors (Lipinski definition) is 1. The van der Waals surface area contributed by atoms with Crippen molar-refractivity contribution in [3.8, 4) is 17.2 Å². The topological polar surface area (TPSA) is 107 Å². The predicted molar refractivity (Wildman–Crippen MR) is 137 cm³/mol. The highest BCUT2D eigenvalue weighted by Gasteiger charge is 2.30. The van der Waals surface area contributed by atoms with Crippen LogP contribution in [0.2, 0.25) is 0 Å². The molecule has 3 aromatic rings. The second-order valence-electron chi connectivity index (χ2n) is 7.04. The Labute approximate surface area is 212 Å². The number of para-hydroxylation sites is 1. The lowest BCUT2D eigenvalue weighted by molar-refractivity contribution is -0.119. The van der Waals surface area contributed by atoms with Gasteiger partial charge in [-0.15, -0.1) is 0 Å². The molecule has 0 heterocycles. The van der Waals surface area contributed by atoms with Crippen LogP contribution in [0, 0.1) is 0 Å². The van der Waals surface area contributed by atoms with Gasteiger partial charge in [-0.25, -0.2) is 13.8 Å². The third-order valence-electron chi connectivity index (χ3n) is 4.86. The third-order valence-corrected chi connectivity index (χ3v) is 7.15. The number of halogens is 1. The van der Waals surface area contributed by atoms with Crippen molar-refractivity contribution in [3.63, 3.8) is 0 Å². The summed E-state index contributed by atoms with van der Waals surface area (Å²) in [6, 6.07) is 18.1. The number of rotatable bonds is 10. The average Bonchev–Trinajstić information content (AvgIpc) is 2.87. The lowest BCUT2D eigenvalue weighted by Crippen LogP contribution is -2.39. The molecule has 0 aliphatic rings. The Bertz CT molecular complexity index is 1320. The van der Waals surface area contributed by atoms with Crippen LogP contribution in [-0.2, 0) is 14.8 Å². The first-order valence-corrected chi connectivity index (χ1v) is 12.5. The molecule has 3 aromatic carbocycles. The maximum atomic E-state index is 13.6. The van der Waals surface area contributed by atoms with Gasteiger partial charge in [-0.1, -0.05) is 34.1 Å². The number of carbonyl (C=O) groups excluding carboxylic acids is 1. The van der Waals surface area contributed by atoms with Gasteiger partial charge in [0.1, 0.15) is 28.7 Å². The first-order valence-electron chi connectivity index (χ1n) is 10.3. The fourth-order valence-electron chi connectivity index (χ4n) is 3.14. The van der Waals surface area contributed by atoms with Crippen LogP contribution in [0.15, 0.2) is 81.2 Å². The Kier molecular flexibility index (Phi) is 8.72. The quantitative estimate of drug-likeness (QED) is 0.298. The lowest BCUT2D eigenvalue weighted by atomic mass is 10.2. The van der Waals surface area contributed by atoms with Crippen molar-refractivity contribution in [1.29, 1.82) is 0 Å². The third kappa shape index (κ3) is 6.31. The molecule has 35 heavy (non-hydrogen) atoms. The summed E-state index contributed by atoms with van der Waals surface area (Å²) in [6.07, 6.45) is 1.40. The standard InChI is InChI=1S/C24H24BrN3O6S/c1-32-20-11-9-17(22(14-20)34-3)15-26-27-24(29)16-28(19-7-5-4-6-8-19)35(30,31)23-13-18(25)10-12-21(23)33-2/h4-15H,16H2,1-3H3,(H,27,29)/b26-15-. The molecule has 0 saturated carbocycles. The Morgan fingerprint density at radius 3 is 2.34 bits per heavy atom. The van der Waals surface area contributed by atoms with E-state index in [4.69, 9.17) is 14.2 Å². The molecule has 1 N–H and O–H groups in total. The Balaban J connectivity index is 1.87. The highest BCUT2D eigenvalue weighted by Crippen LogP contribution is 2.32. The van der Waals surface area contributed by atoms with Crippen LogP contribution in [0.1, 0.15) is 5.56 Å². The summed E-state index contributed by atoms with van der Waals surface area (Å²) in [6.45, 7) is -0.515. The fourth-order valence-corrected chi connectivity index (χ4v) is 5.26. The van der Waals surface area contributed by atoms with E-state index < -0.39 is 22.5 Å². The first-order chi connectivity index (χ1) is 16.8. The summed E-state index contributed by atoms with van der Waals surface area (Å²) in [5, 5.41) is 3.96. The lowest BCUT2D eigenvalue weighted by Gasteiger charge is -2.24. The van der Waals surface area contributed by atoms with E-state index in [-0.39, 0.29) is 10.6 Å². The van der Waals surface area contributed by atoms with E-state index in [1.165, 1.54) is 32.6 Å². The van der Waals surface area contributed by atoms with Gasteiger partial charge >= 0.3 is 0 Å². The minimum absolute atomic E-state index is 0.0856. The van der Waals surface area contributed by atoms with Gasteiger partial charge in [0.25, 0.3) is 15.9 Å². The predicted octanol–water partition coefficient (Wildman–Crippen LogP) is 3.82. The van der Waals surface area contributed by atoms with Crippen molar-refractivity contribution >= 4 is 43.8 Å². The molecule has 0 fully saturated rings. The molecule has 0 aliphatic carbocycles. The molecule has 1 amide bonds. The van der Waals surface area contributed by atoms with Crippen LogP contribution in [0.4, 0.5) is 5.69 Å². The molecule has 0 atom stereocenters. The molecule has 0 aromatic heterocycles. The van der Waals surface area contributed by atoms with Crippen molar-refractivity contribution in [2.75, 3.05) is 32.2 Å². The van der Waals surface area contributed by atoms with E-state index in [0.717, 1.165) is 4.31 Å². The molecule has 11 heteroatoms. The van der Waals surface area contributed by atoms with E-state index in [1.54, 1.807) is 61.7 Å². The molecule has 0 bridgehead atoms. The van der Waals surface area contributed by atoms with E-state index in [0.29, 0.717) is 27.2 Å².